The first-order chi connectivity index (χ1) is 5.69. The van der Waals surface area contributed by atoms with Gasteiger partial charge in [-0.1, -0.05) is 23.2 Å². The number of carbonyl (C=O) groups is 1. The molecule has 0 aromatic heterocycles. The largest absolute Gasteiger partial charge is 0.298 e. The van der Waals surface area contributed by atoms with Crippen LogP contribution >= 0.6 is 23.2 Å². The highest BCUT2D eigenvalue weighted by Crippen LogP contribution is 2.33. The lowest BCUT2D eigenvalue weighted by Gasteiger charge is -1.98. The fraction of sp³-hybridized carbons (Fsp3) is 0. The molecule has 62 valence electrons. The molecule has 0 heterocycles. The van der Waals surface area contributed by atoms with Crippen LogP contribution in [0.4, 0.5) is 5.69 Å². The molecule has 0 saturated carbocycles. The Morgan fingerprint density at radius 2 is 1.75 bits per heavy atom. The molecule has 0 amide bonds. The molecular formula is C7H3Cl2NO2. The quantitative estimate of drug-likeness (QED) is 0.548. The average Bonchev–Trinajstić information content (AvgIpc) is 2.03. The number of nitroso groups, excluding NO2 is 1. The van der Waals surface area contributed by atoms with Crippen molar-refractivity contribution in [2.45, 2.75) is 0 Å². The van der Waals surface area contributed by atoms with Crippen LogP contribution in [-0.2, 0) is 0 Å². The molecule has 0 radical (unpaired) electrons. The Balaban J connectivity index is 3.36. The van der Waals surface area contributed by atoms with Crippen LogP contribution in [0.25, 0.3) is 0 Å². The van der Waals surface area contributed by atoms with Crippen molar-refractivity contribution in [2.24, 2.45) is 5.18 Å². The third kappa shape index (κ3) is 1.62. The normalized spacial score (nSPS) is 9.50. The van der Waals surface area contributed by atoms with Gasteiger partial charge in [0.2, 0.25) is 0 Å². The molecule has 0 N–H and O–H groups in total. The van der Waals surface area contributed by atoms with Crippen LogP contribution in [0.2, 0.25) is 10.0 Å². The molecule has 0 aliphatic heterocycles. The molecule has 0 aliphatic rings. The lowest BCUT2D eigenvalue weighted by Crippen LogP contribution is -1.80. The maximum atomic E-state index is 10.3. The van der Waals surface area contributed by atoms with Crippen molar-refractivity contribution >= 4 is 35.2 Å². The van der Waals surface area contributed by atoms with Crippen LogP contribution in [0.3, 0.4) is 0 Å². The van der Waals surface area contributed by atoms with Gasteiger partial charge in [-0.3, -0.25) is 4.79 Å². The summed E-state index contributed by atoms with van der Waals surface area (Å²) in [4.78, 5) is 20.4. The first kappa shape index (κ1) is 9.16. The molecule has 0 atom stereocenters. The zero-order valence-electron chi connectivity index (χ0n) is 5.75. The Hall–Kier alpha value is -0.930. The topological polar surface area (TPSA) is 46.5 Å². The van der Waals surface area contributed by atoms with Crippen molar-refractivity contribution in [3.8, 4) is 0 Å². The second-order valence-corrected chi connectivity index (χ2v) is 2.86. The predicted octanol–water partition coefficient (Wildman–Crippen LogP) is 3.20. The third-order valence-corrected chi connectivity index (χ3v) is 1.84. The summed E-state index contributed by atoms with van der Waals surface area (Å²) in [6.07, 6.45) is 0.590. The molecule has 0 bridgehead atoms. The number of rotatable bonds is 2. The Kier molecular flexibility index (Phi) is 2.78. The molecule has 5 heteroatoms. The van der Waals surface area contributed by atoms with E-state index in [1.165, 1.54) is 12.1 Å². The van der Waals surface area contributed by atoms with E-state index in [4.69, 9.17) is 23.2 Å². The lowest BCUT2D eigenvalue weighted by atomic mass is 10.2. The maximum absolute atomic E-state index is 10.3. The third-order valence-electron chi connectivity index (χ3n) is 1.27. The highest BCUT2D eigenvalue weighted by molar-refractivity contribution is 6.39. The Bertz CT molecular complexity index is 315. The van der Waals surface area contributed by atoms with E-state index in [-0.39, 0.29) is 15.7 Å². The SMILES string of the molecule is O=Cc1cc(Cl)c(N=O)c(Cl)c1. The van der Waals surface area contributed by atoms with Gasteiger partial charge in [0.25, 0.3) is 0 Å². The molecule has 0 unspecified atom stereocenters. The predicted molar refractivity (Wildman–Crippen MR) is 47.3 cm³/mol. The van der Waals surface area contributed by atoms with Crippen molar-refractivity contribution in [1.29, 1.82) is 0 Å². The van der Waals surface area contributed by atoms with E-state index >= 15 is 0 Å². The van der Waals surface area contributed by atoms with Crippen molar-refractivity contribution in [2.75, 3.05) is 0 Å². The summed E-state index contributed by atoms with van der Waals surface area (Å²) in [5, 5.41) is 2.78. The van der Waals surface area contributed by atoms with Crippen LogP contribution in [0.15, 0.2) is 17.3 Å². The first-order valence-electron chi connectivity index (χ1n) is 2.96. The van der Waals surface area contributed by atoms with Crippen LogP contribution in [0, 0.1) is 4.91 Å². The Morgan fingerprint density at radius 3 is 2.08 bits per heavy atom. The van der Waals surface area contributed by atoms with Crippen molar-refractivity contribution < 1.29 is 4.79 Å². The zero-order valence-corrected chi connectivity index (χ0v) is 7.26. The van der Waals surface area contributed by atoms with Crippen LogP contribution in [-0.4, -0.2) is 6.29 Å². The van der Waals surface area contributed by atoms with Gasteiger partial charge < -0.3 is 0 Å². The standard InChI is InChI=1S/C7H3Cl2NO2/c8-5-1-4(3-11)2-6(9)7(5)10-12/h1-3H. The number of nitrogens with zero attached hydrogens (tertiary/aromatic N) is 1. The van der Waals surface area contributed by atoms with Crippen LogP contribution in [0.1, 0.15) is 10.4 Å². The molecule has 1 aromatic carbocycles. The van der Waals surface area contributed by atoms with E-state index in [2.05, 4.69) is 5.18 Å². The minimum Gasteiger partial charge on any atom is -0.298 e. The molecule has 0 spiro atoms. The summed E-state index contributed by atoms with van der Waals surface area (Å²) in [6.45, 7) is 0. The van der Waals surface area contributed by atoms with Gasteiger partial charge in [0.05, 0.1) is 10.0 Å². The molecule has 1 rings (SSSR count). The van der Waals surface area contributed by atoms with E-state index in [1.807, 2.05) is 0 Å². The van der Waals surface area contributed by atoms with Gasteiger partial charge in [0.1, 0.15) is 12.0 Å². The minimum atomic E-state index is -0.0380. The van der Waals surface area contributed by atoms with Crippen molar-refractivity contribution in [3.63, 3.8) is 0 Å². The number of carbonyl (C=O) groups excluding carboxylic acids is 1. The summed E-state index contributed by atoms with van der Waals surface area (Å²) in [6, 6.07) is 2.66. The molecule has 3 nitrogen and oxygen atoms in total. The average molecular weight is 204 g/mol. The van der Waals surface area contributed by atoms with Gasteiger partial charge in [-0.25, -0.2) is 0 Å². The summed E-state index contributed by atoms with van der Waals surface area (Å²) in [7, 11) is 0. The highest BCUT2D eigenvalue weighted by atomic mass is 35.5. The zero-order chi connectivity index (χ0) is 9.14. The van der Waals surface area contributed by atoms with Crippen molar-refractivity contribution in [3.05, 3.63) is 32.6 Å². The molecule has 1 aromatic rings. The van der Waals surface area contributed by atoms with E-state index in [1.54, 1.807) is 0 Å². The summed E-state index contributed by atoms with van der Waals surface area (Å²) in [5.41, 5.74) is 0.279. The first-order valence-corrected chi connectivity index (χ1v) is 3.72. The monoisotopic (exact) mass is 203 g/mol. The second-order valence-electron chi connectivity index (χ2n) is 2.04. The number of halogens is 2. The molecule has 0 aliphatic carbocycles. The van der Waals surface area contributed by atoms with Gasteiger partial charge in [0.15, 0.2) is 0 Å². The minimum absolute atomic E-state index is 0.0380. The van der Waals surface area contributed by atoms with Crippen LogP contribution in [0.5, 0.6) is 0 Å². The Morgan fingerprint density at radius 1 is 1.25 bits per heavy atom. The van der Waals surface area contributed by atoms with E-state index in [0.29, 0.717) is 11.8 Å². The number of benzene rings is 1. The van der Waals surface area contributed by atoms with Crippen molar-refractivity contribution in [1.82, 2.24) is 0 Å². The Labute approximate surface area is 78.3 Å². The van der Waals surface area contributed by atoms with Gasteiger partial charge in [-0.05, 0) is 17.3 Å². The summed E-state index contributed by atoms with van der Waals surface area (Å²) < 4.78 is 0. The highest BCUT2D eigenvalue weighted by Gasteiger charge is 2.07. The van der Waals surface area contributed by atoms with Gasteiger partial charge in [-0.15, -0.1) is 4.91 Å². The number of hydrogen-bond donors (Lipinski definition) is 0. The maximum Gasteiger partial charge on any atom is 0.150 e. The van der Waals surface area contributed by atoms with Gasteiger partial charge in [-0.2, -0.15) is 0 Å². The van der Waals surface area contributed by atoms with Gasteiger partial charge in [0, 0.05) is 5.56 Å². The fourth-order valence-corrected chi connectivity index (χ4v) is 1.31. The van der Waals surface area contributed by atoms with E-state index in [9.17, 15) is 9.70 Å². The van der Waals surface area contributed by atoms with Crippen LogP contribution < -0.4 is 0 Å². The molecule has 0 saturated heterocycles. The molecule has 12 heavy (non-hydrogen) atoms. The summed E-state index contributed by atoms with van der Waals surface area (Å²) in [5.74, 6) is 0. The van der Waals surface area contributed by atoms with E-state index in [0.717, 1.165) is 0 Å². The smallest absolute Gasteiger partial charge is 0.150 e. The van der Waals surface area contributed by atoms with Gasteiger partial charge >= 0.3 is 0 Å². The number of aldehydes is 1. The van der Waals surface area contributed by atoms with E-state index < -0.39 is 0 Å². The second kappa shape index (κ2) is 3.65. The molecule has 0 fully saturated rings. The fourth-order valence-electron chi connectivity index (χ4n) is 0.740. The summed E-state index contributed by atoms with van der Waals surface area (Å²) >= 11 is 11.2. The molecular weight excluding hydrogens is 201 g/mol. The lowest BCUT2D eigenvalue weighted by molar-refractivity contribution is 0.112. The number of hydrogen-bond acceptors (Lipinski definition) is 3.